The molecule has 2 saturated heterocycles. The number of carbonyl (C=O) groups is 2. The van der Waals surface area contributed by atoms with Crippen LogP contribution in [0.1, 0.15) is 5.56 Å². The molecule has 2 fully saturated rings. The molecule has 28 heavy (non-hydrogen) atoms. The number of morpholine rings is 1. The number of amides is 2. The van der Waals surface area contributed by atoms with E-state index in [1.165, 1.54) is 0 Å². The molecule has 1 aromatic carbocycles. The lowest BCUT2D eigenvalue weighted by Crippen LogP contribution is -2.53. The average molecular weight is 409 g/mol. The summed E-state index contributed by atoms with van der Waals surface area (Å²) >= 11 is 5.98. The molecule has 3 rings (SSSR count). The van der Waals surface area contributed by atoms with Crippen molar-refractivity contribution in [1.29, 1.82) is 0 Å². The molecule has 0 spiro atoms. The molecule has 2 aliphatic rings. The third kappa shape index (κ3) is 6.74. The lowest BCUT2D eigenvalue weighted by atomic mass is 10.1. The molecule has 8 heteroatoms. The van der Waals surface area contributed by atoms with Crippen LogP contribution in [0, 0.1) is 0 Å². The largest absolute Gasteiger partial charge is 0.378 e. The summed E-state index contributed by atoms with van der Waals surface area (Å²) in [5.74, 6) is 0.218. The highest BCUT2D eigenvalue weighted by molar-refractivity contribution is 6.30. The topological polar surface area (TPSA) is 65.1 Å². The van der Waals surface area contributed by atoms with Crippen molar-refractivity contribution in [2.45, 2.75) is 6.42 Å². The summed E-state index contributed by atoms with van der Waals surface area (Å²) in [5, 5.41) is 3.69. The Morgan fingerprint density at radius 3 is 2.36 bits per heavy atom. The van der Waals surface area contributed by atoms with E-state index in [0.29, 0.717) is 51.0 Å². The maximum absolute atomic E-state index is 12.3. The van der Waals surface area contributed by atoms with Crippen molar-refractivity contribution < 1.29 is 14.3 Å². The maximum Gasteiger partial charge on any atom is 0.236 e. The summed E-state index contributed by atoms with van der Waals surface area (Å²) in [4.78, 5) is 30.7. The first-order chi connectivity index (χ1) is 13.6. The van der Waals surface area contributed by atoms with Crippen LogP contribution >= 0.6 is 11.6 Å². The number of benzene rings is 1. The molecule has 1 N–H and O–H groups in total. The molecule has 7 nitrogen and oxygen atoms in total. The van der Waals surface area contributed by atoms with Crippen LogP contribution in [-0.2, 0) is 20.7 Å². The molecule has 0 saturated carbocycles. The second-order valence-electron chi connectivity index (χ2n) is 7.28. The van der Waals surface area contributed by atoms with Gasteiger partial charge in [-0.25, -0.2) is 0 Å². The Labute approximate surface area is 171 Å². The standard InChI is InChI=1S/C20H29ClN4O3/c21-18-3-1-2-17(14-18)4-5-22-19(26)15-23-6-8-24(9-7-23)16-20(27)25-10-12-28-13-11-25/h1-3,14H,4-13,15-16H2,(H,22,26). The van der Waals surface area contributed by atoms with E-state index in [0.717, 1.165) is 38.2 Å². The van der Waals surface area contributed by atoms with E-state index in [9.17, 15) is 9.59 Å². The number of nitrogens with zero attached hydrogens (tertiary/aromatic N) is 3. The number of hydrogen-bond acceptors (Lipinski definition) is 5. The van der Waals surface area contributed by atoms with Crippen LogP contribution in [-0.4, -0.2) is 98.6 Å². The number of hydrogen-bond donors (Lipinski definition) is 1. The zero-order valence-electron chi connectivity index (χ0n) is 16.2. The molecule has 0 aliphatic carbocycles. The summed E-state index contributed by atoms with van der Waals surface area (Å²) in [6, 6.07) is 7.70. The summed E-state index contributed by atoms with van der Waals surface area (Å²) in [6.07, 6.45) is 0.768. The zero-order chi connectivity index (χ0) is 19.8. The molecule has 2 amide bonds. The Morgan fingerprint density at radius 2 is 1.68 bits per heavy atom. The van der Waals surface area contributed by atoms with Crippen molar-refractivity contribution in [1.82, 2.24) is 20.0 Å². The van der Waals surface area contributed by atoms with Gasteiger partial charge in [0.1, 0.15) is 0 Å². The number of piperazine rings is 1. The van der Waals surface area contributed by atoms with Gasteiger partial charge in [-0.05, 0) is 24.1 Å². The van der Waals surface area contributed by atoms with E-state index in [2.05, 4.69) is 15.1 Å². The number of carbonyl (C=O) groups excluding carboxylic acids is 2. The fourth-order valence-electron chi connectivity index (χ4n) is 3.51. The highest BCUT2D eigenvalue weighted by Gasteiger charge is 2.23. The normalized spacial score (nSPS) is 18.8. The lowest BCUT2D eigenvalue weighted by molar-refractivity contribution is -0.137. The number of halogens is 1. The maximum atomic E-state index is 12.3. The molecule has 1 aromatic rings. The smallest absolute Gasteiger partial charge is 0.236 e. The van der Waals surface area contributed by atoms with Gasteiger partial charge in [-0.1, -0.05) is 23.7 Å². The van der Waals surface area contributed by atoms with Gasteiger partial charge in [0.2, 0.25) is 11.8 Å². The zero-order valence-corrected chi connectivity index (χ0v) is 17.0. The van der Waals surface area contributed by atoms with Gasteiger partial charge < -0.3 is 15.0 Å². The monoisotopic (exact) mass is 408 g/mol. The van der Waals surface area contributed by atoms with Gasteiger partial charge in [-0.3, -0.25) is 19.4 Å². The first-order valence-electron chi connectivity index (χ1n) is 9.91. The van der Waals surface area contributed by atoms with Crippen LogP contribution in [0.5, 0.6) is 0 Å². The molecule has 0 atom stereocenters. The van der Waals surface area contributed by atoms with Crippen LogP contribution in [0.3, 0.4) is 0 Å². The summed E-state index contributed by atoms with van der Waals surface area (Å²) < 4.78 is 5.29. The molecule has 0 aromatic heterocycles. The van der Waals surface area contributed by atoms with E-state index in [1.807, 2.05) is 29.2 Å². The van der Waals surface area contributed by atoms with E-state index < -0.39 is 0 Å². The summed E-state index contributed by atoms with van der Waals surface area (Å²) in [5.41, 5.74) is 1.12. The molecule has 0 radical (unpaired) electrons. The highest BCUT2D eigenvalue weighted by Crippen LogP contribution is 2.10. The molecule has 2 aliphatic heterocycles. The minimum absolute atomic E-state index is 0.0415. The van der Waals surface area contributed by atoms with E-state index in [-0.39, 0.29) is 11.8 Å². The van der Waals surface area contributed by atoms with Crippen LogP contribution in [0.2, 0.25) is 5.02 Å². The fraction of sp³-hybridized carbons (Fsp3) is 0.600. The van der Waals surface area contributed by atoms with Gasteiger partial charge in [0, 0.05) is 50.8 Å². The third-order valence-corrected chi connectivity index (χ3v) is 5.41. The Kier molecular flexibility index (Phi) is 8.09. The fourth-order valence-corrected chi connectivity index (χ4v) is 3.72. The molecular formula is C20H29ClN4O3. The van der Waals surface area contributed by atoms with Crippen LogP contribution in [0.15, 0.2) is 24.3 Å². The van der Waals surface area contributed by atoms with Crippen molar-refractivity contribution >= 4 is 23.4 Å². The second kappa shape index (κ2) is 10.8. The number of ether oxygens (including phenoxy) is 1. The predicted octanol–water partition coefficient (Wildman–Crippen LogP) is 0.475. The van der Waals surface area contributed by atoms with Crippen molar-refractivity contribution in [3.8, 4) is 0 Å². The Balaban J connectivity index is 1.30. The Hall–Kier alpha value is -1.67. The summed E-state index contributed by atoms with van der Waals surface area (Å²) in [7, 11) is 0. The molecule has 2 heterocycles. The van der Waals surface area contributed by atoms with Crippen molar-refractivity contribution in [2.75, 3.05) is 72.1 Å². The quantitative estimate of drug-likeness (QED) is 0.710. The van der Waals surface area contributed by atoms with Crippen LogP contribution < -0.4 is 5.32 Å². The van der Waals surface area contributed by atoms with Gasteiger partial charge in [0.05, 0.1) is 26.3 Å². The van der Waals surface area contributed by atoms with Crippen molar-refractivity contribution in [3.63, 3.8) is 0 Å². The minimum atomic E-state index is 0.0415. The van der Waals surface area contributed by atoms with Crippen molar-refractivity contribution in [3.05, 3.63) is 34.9 Å². The van der Waals surface area contributed by atoms with Gasteiger partial charge in [0.25, 0.3) is 0 Å². The second-order valence-corrected chi connectivity index (χ2v) is 7.71. The van der Waals surface area contributed by atoms with Gasteiger partial charge in [-0.2, -0.15) is 0 Å². The lowest BCUT2D eigenvalue weighted by Gasteiger charge is -2.35. The van der Waals surface area contributed by atoms with E-state index in [1.54, 1.807) is 0 Å². The molecule has 0 bridgehead atoms. The van der Waals surface area contributed by atoms with Gasteiger partial charge >= 0.3 is 0 Å². The number of rotatable bonds is 7. The molecule has 0 unspecified atom stereocenters. The van der Waals surface area contributed by atoms with Crippen LogP contribution in [0.4, 0.5) is 0 Å². The van der Waals surface area contributed by atoms with Crippen LogP contribution in [0.25, 0.3) is 0 Å². The number of nitrogens with one attached hydrogen (secondary N) is 1. The SMILES string of the molecule is O=C(CN1CCN(CC(=O)N2CCOCC2)CC1)NCCc1cccc(Cl)c1. The first-order valence-corrected chi connectivity index (χ1v) is 10.3. The average Bonchev–Trinajstić information content (AvgIpc) is 2.70. The van der Waals surface area contributed by atoms with E-state index in [4.69, 9.17) is 16.3 Å². The summed E-state index contributed by atoms with van der Waals surface area (Å²) in [6.45, 7) is 7.34. The predicted molar refractivity (Wildman–Crippen MR) is 108 cm³/mol. The molecular weight excluding hydrogens is 380 g/mol. The van der Waals surface area contributed by atoms with Gasteiger partial charge in [0.15, 0.2) is 0 Å². The first kappa shape index (κ1) is 21.0. The van der Waals surface area contributed by atoms with Gasteiger partial charge in [-0.15, -0.1) is 0 Å². The van der Waals surface area contributed by atoms with E-state index >= 15 is 0 Å². The Morgan fingerprint density at radius 1 is 1.00 bits per heavy atom. The highest BCUT2D eigenvalue weighted by atomic mass is 35.5. The van der Waals surface area contributed by atoms with Crippen molar-refractivity contribution in [2.24, 2.45) is 0 Å². The molecule has 154 valence electrons. The Bertz CT molecular complexity index is 659. The third-order valence-electron chi connectivity index (χ3n) is 5.18. The minimum Gasteiger partial charge on any atom is -0.378 e.